The van der Waals surface area contributed by atoms with E-state index in [2.05, 4.69) is 258 Å². The van der Waals surface area contributed by atoms with Crippen molar-refractivity contribution in [3.63, 3.8) is 0 Å². The molecule has 13 aromatic rings. The van der Waals surface area contributed by atoms with Crippen molar-refractivity contribution in [1.29, 1.82) is 0 Å². The largest absolute Gasteiger partial charge is 0.455 e. The summed E-state index contributed by atoms with van der Waals surface area (Å²) >= 11 is 0. The molecule has 3 aromatic heterocycles. The van der Waals surface area contributed by atoms with Crippen LogP contribution in [0.2, 0.25) is 0 Å². The van der Waals surface area contributed by atoms with E-state index in [1.54, 1.807) is 0 Å². The van der Waals surface area contributed by atoms with Crippen LogP contribution in [0.4, 0.5) is 11.4 Å². The monoisotopic (exact) mass is 919 g/mol. The molecule has 0 unspecified atom stereocenters. The maximum atomic E-state index is 7.18. The fourth-order valence-electron chi connectivity index (χ4n) is 11.1. The van der Waals surface area contributed by atoms with E-state index in [4.69, 9.17) is 9.40 Å². The van der Waals surface area contributed by atoms with Crippen molar-refractivity contribution in [2.45, 2.75) is 6.04 Å². The molecule has 0 amide bonds. The first-order valence-corrected chi connectivity index (χ1v) is 24.6. The molecule has 0 saturated carbocycles. The van der Waals surface area contributed by atoms with E-state index in [1.165, 1.54) is 54.3 Å². The normalized spacial score (nSPS) is 13.1. The van der Waals surface area contributed by atoms with Gasteiger partial charge in [-0.15, -0.1) is 0 Å². The first-order valence-electron chi connectivity index (χ1n) is 24.6. The predicted molar refractivity (Wildman–Crippen MR) is 303 cm³/mol. The molecule has 0 bridgehead atoms. The Bertz CT molecular complexity index is 4390. The van der Waals surface area contributed by atoms with E-state index in [0.717, 1.165) is 72.4 Å². The summed E-state index contributed by atoms with van der Waals surface area (Å²) in [6, 6.07) is 78.9. The lowest BCUT2D eigenvalue weighted by atomic mass is 9.92. The van der Waals surface area contributed by atoms with E-state index in [9.17, 15) is 0 Å². The number of hydrogen-bond acceptors (Lipinski definition) is 3. The summed E-state index contributed by atoms with van der Waals surface area (Å²) in [7, 11) is 0. The molecular formula is C68H45N3O. The highest BCUT2D eigenvalue weighted by Gasteiger charge is 2.25. The molecule has 10 aromatic carbocycles. The van der Waals surface area contributed by atoms with Gasteiger partial charge < -0.3 is 13.9 Å². The fraction of sp³-hybridized carbons (Fsp3) is 0.0147. The minimum absolute atomic E-state index is 0.103. The van der Waals surface area contributed by atoms with E-state index in [-0.39, 0.29) is 6.04 Å². The van der Waals surface area contributed by atoms with Crippen molar-refractivity contribution in [3.8, 4) is 16.8 Å². The SMILES string of the molecule is C1=CC=CC(N(c2cc(/C(=C\c3ccccn3)c3ccc4ccccc4c3)c3oc4ccc(-c5ccc6c7ccccc7n(-c7cccc8ccccc78)c6c5)cc4c3c2)c2cccc3ccccc23)C=C1. The Morgan fingerprint density at radius 3 is 1.99 bits per heavy atom. The zero-order valence-corrected chi connectivity index (χ0v) is 39.2. The van der Waals surface area contributed by atoms with Crippen LogP contribution in [0.3, 0.4) is 0 Å². The lowest BCUT2D eigenvalue weighted by Crippen LogP contribution is -2.28. The number of para-hydroxylation sites is 1. The number of hydrogen-bond donors (Lipinski definition) is 0. The Hall–Kier alpha value is -9.51. The maximum Gasteiger partial charge on any atom is 0.143 e. The van der Waals surface area contributed by atoms with Gasteiger partial charge >= 0.3 is 0 Å². The summed E-state index contributed by atoms with van der Waals surface area (Å²) in [5, 5.41) is 11.7. The quantitative estimate of drug-likeness (QED) is 0.152. The Morgan fingerprint density at radius 1 is 0.472 bits per heavy atom. The average molecular weight is 920 g/mol. The number of benzene rings is 10. The highest BCUT2D eigenvalue weighted by Crippen LogP contribution is 2.45. The maximum absolute atomic E-state index is 7.18. The lowest BCUT2D eigenvalue weighted by molar-refractivity contribution is 0.667. The predicted octanol–water partition coefficient (Wildman–Crippen LogP) is 18.0. The minimum Gasteiger partial charge on any atom is -0.455 e. The van der Waals surface area contributed by atoms with Gasteiger partial charge in [0, 0.05) is 55.5 Å². The number of furan rings is 1. The van der Waals surface area contributed by atoms with E-state index in [0.29, 0.717) is 0 Å². The molecule has 0 spiro atoms. The molecule has 4 nitrogen and oxygen atoms in total. The minimum atomic E-state index is -0.103. The van der Waals surface area contributed by atoms with Crippen LogP contribution in [0, 0.1) is 0 Å². The van der Waals surface area contributed by atoms with E-state index < -0.39 is 0 Å². The third-order valence-corrected chi connectivity index (χ3v) is 14.5. The summed E-state index contributed by atoms with van der Waals surface area (Å²) < 4.78 is 9.63. The number of anilines is 2. The number of allylic oxidation sites excluding steroid dienone is 4. The molecule has 0 fully saturated rings. The van der Waals surface area contributed by atoms with Crippen molar-refractivity contribution in [2.24, 2.45) is 0 Å². The molecule has 14 rings (SSSR count). The highest BCUT2D eigenvalue weighted by molar-refractivity contribution is 6.15. The van der Waals surface area contributed by atoms with E-state index >= 15 is 0 Å². The van der Waals surface area contributed by atoms with Crippen molar-refractivity contribution in [1.82, 2.24) is 9.55 Å². The van der Waals surface area contributed by atoms with Gasteiger partial charge in [-0.1, -0.05) is 188 Å². The summed E-state index contributed by atoms with van der Waals surface area (Å²) in [4.78, 5) is 7.33. The Kier molecular flexibility index (Phi) is 9.88. The third kappa shape index (κ3) is 7.03. The van der Waals surface area contributed by atoms with Crippen LogP contribution in [-0.2, 0) is 0 Å². The van der Waals surface area contributed by atoms with Gasteiger partial charge in [0.1, 0.15) is 11.2 Å². The molecule has 3 heterocycles. The fourth-order valence-corrected chi connectivity index (χ4v) is 11.1. The number of aromatic nitrogens is 2. The Labute approximate surface area is 416 Å². The van der Waals surface area contributed by atoms with Crippen LogP contribution in [0.25, 0.3) is 105 Å². The number of pyridine rings is 1. The Morgan fingerprint density at radius 2 is 1.15 bits per heavy atom. The summed E-state index contributed by atoms with van der Waals surface area (Å²) in [6.07, 6.45) is 17.1. The molecule has 0 radical (unpaired) electrons. The number of rotatable bonds is 8. The molecule has 0 atom stereocenters. The lowest BCUT2D eigenvalue weighted by Gasteiger charge is -2.32. The van der Waals surface area contributed by atoms with Crippen LogP contribution >= 0.6 is 0 Å². The Balaban J connectivity index is 1.04. The van der Waals surface area contributed by atoms with Crippen LogP contribution in [0.15, 0.2) is 265 Å². The van der Waals surface area contributed by atoms with Crippen molar-refractivity contribution in [3.05, 3.63) is 278 Å². The smallest absolute Gasteiger partial charge is 0.143 e. The van der Waals surface area contributed by atoms with Gasteiger partial charge in [0.05, 0.1) is 28.5 Å². The van der Waals surface area contributed by atoms with Crippen molar-refractivity contribution < 1.29 is 4.42 Å². The first kappa shape index (κ1) is 41.5. The summed E-state index contributed by atoms with van der Waals surface area (Å²) in [5.41, 5.74) is 13.5. The molecule has 0 N–H and O–H groups in total. The van der Waals surface area contributed by atoms with Crippen molar-refractivity contribution >= 4 is 99.1 Å². The standard InChI is InChI=1S/C68H45N3O/c1-2-4-25-53(24-3-1)70(63-30-15-21-46-18-7-9-26-55(46)63)54-43-61(59(42-52-23-13-14-38-69-52)51-33-32-45-17-5-6-20-48(45)39-51)68-62(44-54)60-40-49(35-37-67(60)72-68)50-34-36-58-57-28-11-12-29-65(57)71(66(58)41-50)64-31-16-22-47-19-8-10-27-56(47)64/h1-44,53H/b59-42-. The second-order valence-corrected chi connectivity index (χ2v) is 18.7. The molecule has 0 saturated heterocycles. The van der Waals surface area contributed by atoms with Gasteiger partial charge in [0.25, 0.3) is 0 Å². The van der Waals surface area contributed by atoms with Crippen LogP contribution in [0.5, 0.6) is 0 Å². The average Bonchev–Trinajstić information content (AvgIpc) is 3.84. The topological polar surface area (TPSA) is 34.2 Å². The summed E-state index contributed by atoms with van der Waals surface area (Å²) in [6.45, 7) is 0. The number of fused-ring (bicyclic) bond motifs is 9. The van der Waals surface area contributed by atoms with Gasteiger partial charge in [-0.05, 0) is 117 Å². The van der Waals surface area contributed by atoms with Gasteiger partial charge in [-0.2, -0.15) is 0 Å². The van der Waals surface area contributed by atoms with Crippen molar-refractivity contribution in [2.75, 3.05) is 4.90 Å². The zero-order valence-electron chi connectivity index (χ0n) is 39.2. The van der Waals surface area contributed by atoms with Crippen LogP contribution in [0.1, 0.15) is 16.8 Å². The molecule has 72 heavy (non-hydrogen) atoms. The second kappa shape index (κ2) is 17.2. The molecule has 4 heteroatoms. The molecular weight excluding hydrogens is 875 g/mol. The van der Waals surface area contributed by atoms with Gasteiger partial charge in [0.2, 0.25) is 0 Å². The first-order chi connectivity index (χ1) is 35.7. The molecule has 338 valence electrons. The summed E-state index contributed by atoms with van der Waals surface area (Å²) in [5.74, 6) is 0. The molecule has 1 aliphatic carbocycles. The van der Waals surface area contributed by atoms with Gasteiger partial charge in [-0.3, -0.25) is 4.98 Å². The van der Waals surface area contributed by atoms with E-state index in [1.807, 2.05) is 18.3 Å². The molecule has 0 aliphatic heterocycles. The second-order valence-electron chi connectivity index (χ2n) is 18.7. The van der Waals surface area contributed by atoms with Crippen LogP contribution < -0.4 is 4.90 Å². The third-order valence-electron chi connectivity index (χ3n) is 14.5. The highest BCUT2D eigenvalue weighted by atomic mass is 16.3. The van der Waals surface area contributed by atoms with Crippen LogP contribution in [-0.4, -0.2) is 15.6 Å². The van der Waals surface area contributed by atoms with Gasteiger partial charge in [0.15, 0.2) is 0 Å². The van der Waals surface area contributed by atoms with Gasteiger partial charge in [-0.25, -0.2) is 0 Å². The molecule has 1 aliphatic rings. The number of nitrogens with zero attached hydrogens (tertiary/aromatic N) is 3. The zero-order chi connectivity index (χ0) is 47.5.